The highest BCUT2D eigenvalue weighted by Crippen LogP contribution is 2.35. The molecule has 0 atom stereocenters. The van der Waals surface area contributed by atoms with E-state index >= 15 is 0 Å². The number of aryl methyl sites for hydroxylation is 1. The highest BCUT2D eigenvalue weighted by atomic mass is 35.5. The minimum atomic E-state index is -0.281. The quantitative estimate of drug-likeness (QED) is 0.548. The van der Waals surface area contributed by atoms with E-state index in [1.54, 1.807) is 33.3 Å². The minimum Gasteiger partial charge on any atom is -0.497 e. The second-order valence-corrected chi connectivity index (χ2v) is 7.47. The van der Waals surface area contributed by atoms with Crippen LogP contribution in [0.15, 0.2) is 29.6 Å². The summed E-state index contributed by atoms with van der Waals surface area (Å²) >= 11 is 13.6. The van der Waals surface area contributed by atoms with Crippen molar-refractivity contribution in [1.82, 2.24) is 9.97 Å². The first-order valence-electron chi connectivity index (χ1n) is 8.20. The Hall–Kier alpha value is -2.35. The number of thiazole rings is 1. The van der Waals surface area contributed by atoms with Gasteiger partial charge in [0, 0.05) is 33.3 Å². The molecule has 28 heavy (non-hydrogen) atoms. The maximum Gasteiger partial charge on any atom is 0.230 e. The maximum atomic E-state index is 12.4. The van der Waals surface area contributed by atoms with Crippen LogP contribution in [-0.4, -0.2) is 30.1 Å². The number of halogens is 2. The molecule has 1 N–H and O–H groups in total. The van der Waals surface area contributed by atoms with Crippen molar-refractivity contribution in [2.75, 3.05) is 19.5 Å². The van der Waals surface area contributed by atoms with Crippen LogP contribution in [0, 0.1) is 6.92 Å². The Balaban J connectivity index is 1.76. The molecule has 1 amide bonds. The standard InChI is InChI=1S/C19H17Cl2N3O3S/c1-10-6-14(20)13(18(21)22-10)8-17(25)24-19-23-15(9-28-19)12-5-4-11(26-2)7-16(12)27-3/h4-7,9H,8H2,1-3H3,(H,23,24,25). The maximum absolute atomic E-state index is 12.4. The lowest BCUT2D eigenvalue weighted by atomic mass is 10.1. The molecule has 3 rings (SSSR count). The van der Waals surface area contributed by atoms with Crippen LogP contribution in [-0.2, 0) is 11.2 Å². The number of benzene rings is 1. The fourth-order valence-electron chi connectivity index (χ4n) is 2.57. The van der Waals surface area contributed by atoms with Gasteiger partial charge in [0.25, 0.3) is 0 Å². The molecule has 146 valence electrons. The number of nitrogens with one attached hydrogen (secondary N) is 1. The van der Waals surface area contributed by atoms with Crippen LogP contribution in [0.25, 0.3) is 11.3 Å². The first-order valence-corrected chi connectivity index (χ1v) is 9.84. The Morgan fingerprint density at radius 2 is 1.96 bits per heavy atom. The number of pyridine rings is 1. The zero-order chi connectivity index (χ0) is 20.3. The van der Waals surface area contributed by atoms with Crippen molar-refractivity contribution >= 4 is 45.6 Å². The third kappa shape index (κ3) is 4.55. The van der Waals surface area contributed by atoms with Crippen molar-refractivity contribution in [3.8, 4) is 22.8 Å². The van der Waals surface area contributed by atoms with Crippen molar-refractivity contribution in [3.05, 3.63) is 51.1 Å². The number of aromatic nitrogens is 2. The number of hydrogen-bond acceptors (Lipinski definition) is 6. The Labute approximate surface area is 176 Å². The molecule has 0 aliphatic carbocycles. The van der Waals surface area contributed by atoms with Gasteiger partial charge in [-0.15, -0.1) is 11.3 Å². The topological polar surface area (TPSA) is 73.3 Å². The fourth-order valence-corrected chi connectivity index (χ4v) is 3.96. The van der Waals surface area contributed by atoms with Crippen LogP contribution in [0.1, 0.15) is 11.3 Å². The van der Waals surface area contributed by atoms with Crippen molar-refractivity contribution in [1.29, 1.82) is 0 Å². The average molecular weight is 438 g/mol. The van der Waals surface area contributed by atoms with E-state index in [4.69, 9.17) is 32.7 Å². The lowest BCUT2D eigenvalue weighted by molar-refractivity contribution is -0.115. The summed E-state index contributed by atoms with van der Waals surface area (Å²) in [4.78, 5) is 21.0. The summed E-state index contributed by atoms with van der Waals surface area (Å²) in [6, 6.07) is 7.13. The third-order valence-electron chi connectivity index (χ3n) is 3.92. The lowest BCUT2D eigenvalue weighted by Gasteiger charge is -2.08. The van der Waals surface area contributed by atoms with Gasteiger partial charge in [-0.2, -0.15) is 0 Å². The summed E-state index contributed by atoms with van der Waals surface area (Å²) in [7, 11) is 3.17. The van der Waals surface area contributed by atoms with Gasteiger partial charge in [-0.25, -0.2) is 9.97 Å². The fraction of sp³-hybridized carbons (Fsp3) is 0.211. The van der Waals surface area contributed by atoms with Gasteiger partial charge in [-0.05, 0) is 25.1 Å². The summed E-state index contributed by atoms with van der Waals surface area (Å²) < 4.78 is 10.6. The second-order valence-electron chi connectivity index (χ2n) is 5.84. The summed E-state index contributed by atoms with van der Waals surface area (Å²) in [6.07, 6.45) is 0.00567. The molecular weight excluding hydrogens is 421 g/mol. The molecule has 0 saturated carbocycles. The van der Waals surface area contributed by atoms with E-state index in [9.17, 15) is 4.79 Å². The first-order chi connectivity index (χ1) is 13.4. The molecule has 3 aromatic rings. The molecule has 9 heteroatoms. The number of hydrogen-bond donors (Lipinski definition) is 1. The van der Waals surface area contributed by atoms with E-state index < -0.39 is 0 Å². The third-order valence-corrected chi connectivity index (χ3v) is 5.33. The summed E-state index contributed by atoms with van der Waals surface area (Å²) in [5, 5.41) is 5.71. The molecule has 0 spiro atoms. The van der Waals surface area contributed by atoms with Crippen LogP contribution >= 0.6 is 34.5 Å². The highest BCUT2D eigenvalue weighted by Gasteiger charge is 2.16. The van der Waals surface area contributed by atoms with Gasteiger partial charge in [0.2, 0.25) is 5.91 Å². The molecule has 0 unspecified atom stereocenters. The number of methoxy groups -OCH3 is 2. The molecule has 2 aromatic heterocycles. The van der Waals surface area contributed by atoms with Crippen LogP contribution in [0.4, 0.5) is 5.13 Å². The van der Waals surface area contributed by atoms with Gasteiger partial charge in [-0.3, -0.25) is 4.79 Å². The Morgan fingerprint density at radius 3 is 2.64 bits per heavy atom. The lowest BCUT2D eigenvalue weighted by Crippen LogP contribution is -2.15. The van der Waals surface area contributed by atoms with Gasteiger partial charge in [0.15, 0.2) is 5.13 Å². The molecule has 0 fully saturated rings. The SMILES string of the molecule is COc1ccc(-c2csc(NC(=O)Cc3c(Cl)cc(C)nc3Cl)n2)c(OC)c1. The van der Waals surface area contributed by atoms with E-state index in [0.717, 1.165) is 5.56 Å². The number of ether oxygens (including phenoxy) is 2. The molecule has 2 heterocycles. The van der Waals surface area contributed by atoms with E-state index in [-0.39, 0.29) is 17.5 Å². The number of anilines is 1. The van der Waals surface area contributed by atoms with Crippen LogP contribution in [0.2, 0.25) is 10.2 Å². The summed E-state index contributed by atoms with van der Waals surface area (Å²) in [5.41, 5.74) is 2.67. The summed E-state index contributed by atoms with van der Waals surface area (Å²) in [5.74, 6) is 1.04. The molecule has 0 aliphatic rings. The van der Waals surface area contributed by atoms with Crippen molar-refractivity contribution in [3.63, 3.8) is 0 Å². The molecule has 0 saturated heterocycles. The van der Waals surface area contributed by atoms with Crippen LogP contribution in [0.3, 0.4) is 0 Å². The average Bonchev–Trinajstić information content (AvgIpc) is 3.12. The largest absolute Gasteiger partial charge is 0.497 e. The Morgan fingerprint density at radius 1 is 1.18 bits per heavy atom. The smallest absolute Gasteiger partial charge is 0.230 e. The molecule has 1 aromatic carbocycles. The molecule has 6 nitrogen and oxygen atoms in total. The van der Waals surface area contributed by atoms with Crippen molar-refractivity contribution < 1.29 is 14.3 Å². The molecule has 0 radical (unpaired) electrons. The van der Waals surface area contributed by atoms with Gasteiger partial charge in [0.1, 0.15) is 16.7 Å². The van der Waals surface area contributed by atoms with Gasteiger partial charge in [0.05, 0.1) is 26.3 Å². The van der Waals surface area contributed by atoms with Gasteiger partial charge < -0.3 is 14.8 Å². The zero-order valence-electron chi connectivity index (χ0n) is 15.4. The van der Waals surface area contributed by atoms with Crippen LogP contribution in [0.5, 0.6) is 11.5 Å². The van der Waals surface area contributed by atoms with E-state index in [1.807, 2.05) is 17.5 Å². The number of carbonyl (C=O) groups is 1. The number of nitrogens with zero attached hydrogens (tertiary/aromatic N) is 2. The van der Waals surface area contributed by atoms with Gasteiger partial charge in [-0.1, -0.05) is 23.2 Å². The van der Waals surface area contributed by atoms with Gasteiger partial charge >= 0.3 is 0 Å². The van der Waals surface area contributed by atoms with E-state index in [2.05, 4.69) is 15.3 Å². The second kappa shape index (κ2) is 8.77. The highest BCUT2D eigenvalue weighted by molar-refractivity contribution is 7.14. The molecule has 0 aliphatic heterocycles. The molecular formula is C19H17Cl2N3O3S. The normalized spacial score (nSPS) is 10.6. The monoisotopic (exact) mass is 437 g/mol. The molecule has 0 bridgehead atoms. The Kier molecular flexibility index (Phi) is 6.39. The number of rotatable bonds is 6. The Bertz CT molecular complexity index is 1000. The summed E-state index contributed by atoms with van der Waals surface area (Å²) in [6.45, 7) is 1.78. The first kappa shape index (κ1) is 20.4. The van der Waals surface area contributed by atoms with Crippen molar-refractivity contribution in [2.45, 2.75) is 13.3 Å². The van der Waals surface area contributed by atoms with E-state index in [0.29, 0.717) is 38.6 Å². The predicted octanol–water partition coefficient (Wildman–Crippen LogP) is 5.02. The van der Waals surface area contributed by atoms with Crippen LogP contribution < -0.4 is 14.8 Å². The zero-order valence-corrected chi connectivity index (χ0v) is 17.7. The number of carbonyl (C=O) groups excluding carboxylic acids is 1. The van der Waals surface area contributed by atoms with Crippen molar-refractivity contribution in [2.24, 2.45) is 0 Å². The number of amides is 1. The minimum absolute atomic E-state index is 0.00567. The van der Waals surface area contributed by atoms with E-state index in [1.165, 1.54) is 11.3 Å². The predicted molar refractivity (Wildman–Crippen MR) is 112 cm³/mol.